The molecule has 59 heavy (non-hydrogen) atoms. The number of hydrogen-bond acceptors (Lipinski definition) is 10. The predicted octanol–water partition coefficient (Wildman–Crippen LogP) is 4.04. The van der Waals surface area contributed by atoms with Crippen molar-refractivity contribution in [3.8, 4) is 5.88 Å². The van der Waals surface area contributed by atoms with Gasteiger partial charge >= 0.3 is 12.3 Å². The van der Waals surface area contributed by atoms with E-state index in [1.807, 2.05) is 11.6 Å². The van der Waals surface area contributed by atoms with Crippen LogP contribution in [0.3, 0.4) is 0 Å². The second-order valence-corrected chi connectivity index (χ2v) is 18.9. The van der Waals surface area contributed by atoms with E-state index in [0.29, 0.717) is 43.9 Å². The zero-order valence-electron chi connectivity index (χ0n) is 33.4. The summed E-state index contributed by atoms with van der Waals surface area (Å²) in [7, 11) is -4.48. The Hall–Kier alpha value is -4.75. The summed E-state index contributed by atoms with van der Waals surface area (Å²) in [5.74, 6) is -4.23. The number of ether oxygens (including phenoxy) is 2. The molecule has 2 aliphatic heterocycles. The summed E-state index contributed by atoms with van der Waals surface area (Å²) in [6, 6.07) is 3.62. The number of aryl methyl sites for hydroxylation is 1. The second-order valence-electron chi connectivity index (χ2n) is 16.8. The van der Waals surface area contributed by atoms with Crippen LogP contribution in [-0.2, 0) is 35.7 Å². The molecule has 0 spiro atoms. The molecule has 7 atom stereocenters. The quantitative estimate of drug-likeness (QED) is 0.245. The molecular weight excluding hydrogens is 805 g/mol. The van der Waals surface area contributed by atoms with Gasteiger partial charge in [-0.05, 0) is 83.3 Å². The standard InChI is InChI=1S/C39H50F4N6O9S/c1-6-49-32(51)27-14-10-9-13-26(27)31(46-49)57-25-18-28-30(50)45-38(34(53)47-59(55,56)37(21-40)15-16-37)19-24(38)12-8-7-11-22(2)17-23(3)29(33(52)48(28)20-25)44-35(54)58-36(4,5)39(41,42)43/h8-10,12-14,22-25,28-29H,6-7,11,15-21H2,1-5H3,(H,44,54)(H,45,50)(H,47,53). The van der Waals surface area contributed by atoms with Crippen LogP contribution >= 0.6 is 0 Å². The summed E-state index contributed by atoms with van der Waals surface area (Å²) in [4.78, 5) is 70.4. The SMILES string of the molecule is CCn1nc(OC2CC3C(=O)NC4(C(=O)NS(=O)(=O)C5(CF)CC5)CC4C=CCCC(C)CC(C)C(NC(=O)OC(C)(C)C(F)(F)F)C(=O)N3C2)c2ccccc2c1=O. The van der Waals surface area contributed by atoms with E-state index in [2.05, 4.69) is 15.7 Å². The van der Waals surface area contributed by atoms with Gasteiger partial charge in [-0.1, -0.05) is 38.1 Å². The van der Waals surface area contributed by atoms with Crippen LogP contribution in [0.2, 0.25) is 0 Å². The van der Waals surface area contributed by atoms with Crippen molar-refractivity contribution in [3.63, 3.8) is 0 Å². The zero-order valence-corrected chi connectivity index (χ0v) is 34.3. The fourth-order valence-corrected chi connectivity index (χ4v) is 9.29. The van der Waals surface area contributed by atoms with Crippen molar-refractivity contribution in [2.24, 2.45) is 17.8 Å². The Bertz CT molecular complexity index is 2190. The van der Waals surface area contributed by atoms with Gasteiger partial charge in [-0.2, -0.15) is 13.2 Å². The largest absolute Gasteiger partial charge is 0.471 e. The molecule has 7 unspecified atom stereocenters. The van der Waals surface area contributed by atoms with E-state index in [0.717, 1.165) is 4.90 Å². The lowest BCUT2D eigenvalue weighted by atomic mass is 9.88. The van der Waals surface area contributed by atoms with Crippen molar-refractivity contribution < 1.29 is 54.6 Å². The predicted molar refractivity (Wildman–Crippen MR) is 205 cm³/mol. The molecule has 324 valence electrons. The highest BCUT2D eigenvalue weighted by Gasteiger charge is 2.64. The third-order valence-corrected chi connectivity index (χ3v) is 14.1. The lowest BCUT2D eigenvalue weighted by Gasteiger charge is -2.34. The Kier molecular flexibility index (Phi) is 11.9. The third kappa shape index (κ3) is 8.64. The first-order chi connectivity index (χ1) is 27.6. The van der Waals surface area contributed by atoms with Crippen LogP contribution in [-0.4, -0.2) is 100 Å². The molecule has 1 aromatic carbocycles. The van der Waals surface area contributed by atoms with Crippen molar-refractivity contribution in [3.05, 3.63) is 46.8 Å². The van der Waals surface area contributed by atoms with E-state index in [9.17, 15) is 50.0 Å². The summed E-state index contributed by atoms with van der Waals surface area (Å²) in [5.41, 5.74) is -5.09. The Morgan fingerprint density at radius 2 is 1.75 bits per heavy atom. The highest BCUT2D eigenvalue weighted by molar-refractivity contribution is 7.91. The number of alkyl carbamates (subject to hydrolysis) is 1. The molecule has 15 nitrogen and oxygen atoms in total. The number of alkyl halides is 4. The van der Waals surface area contributed by atoms with Gasteiger partial charge in [-0.15, -0.1) is 5.10 Å². The number of aromatic nitrogens is 2. The maximum Gasteiger partial charge on any atom is 0.427 e. The minimum atomic E-state index is -4.95. The fourth-order valence-electron chi connectivity index (χ4n) is 7.86. The smallest absolute Gasteiger partial charge is 0.427 e. The molecule has 6 rings (SSSR count). The first kappa shape index (κ1) is 43.8. The molecular formula is C39H50F4N6O9S. The van der Waals surface area contributed by atoms with Crippen molar-refractivity contribution in [1.29, 1.82) is 0 Å². The van der Waals surface area contributed by atoms with E-state index in [1.54, 1.807) is 50.3 Å². The van der Waals surface area contributed by atoms with Crippen LogP contribution in [0.4, 0.5) is 22.4 Å². The summed E-state index contributed by atoms with van der Waals surface area (Å²) in [5, 5.41) is 10.1. The lowest BCUT2D eigenvalue weighted by Crippen LogP contribution is -2.60. The first-order valence-corrected chi connectivity index (χ1v) is 21.2. The van der Waals surface area contributed by atoms with Gasteiger partial charge in [-0.3, -0.25) is 23.9 Å². The number of amides is 4. The van der Waals surface area contributed by atoms with Crippen LogP contribution in [0.15, 0.2) is 41.2 Å². The van der Waals surface area contributed by atoms with E-state index in [1.165, 1.54) is 4.68 Å². The Morgan fingerprint density at radius 1 is 1.07 bits per heavy atom. The molecule has 1 saturated heterocycles. The van der Waals surface area contributed by atoms with Gasteiger partial charge < -0.3 is 25.0 Å². The molecule has 4 amide bonds. The molecule has 0 bridgehead atoms. The minimum Gasteiger partial charge on any atom is -0.471 e. The number of benzene rings is 1. The molecule has 2 aliphatic carbocycles. The molecule has 3 N–H and O–H groups in total. The molecule has 2 saturated carbocycles. The molecule has 3 fully saturated rings. The average Bonchev–Trinajstić information content (AvgIpc) is 4.07. The van der Waals surface area contributed by atoms with Gasteiger partial charge in [0, 0.05) is 18.9 Å². The van der Waals surface area contributed by atoms with Crippen LogP contribution in [0.5, 0.6) is 5.88 Å². The number of hydrogen-bond donors (Lipinski definition) is 3. The van der Waals surface area contributed by atoms with E-state index in [4.69, 9.17) is 9.47 Å². The summed E-state index contributed by atoms with van der Waals surface area (Å²) >= 11 is 0. The lowest BCUT2D eigenvalue weighted by molar-refractivity contribution is -0.244. The van der Waals surface area contributed by atoms with Gasteiger partial charge in [0.15, 0.2) is 0 Å². The topological polar surface area (TPSA) is 195 Å². The number of nitrogens with one attached hydrogen (secondary N) is 3. The first-order valence-electron chi connectivity index (χ1n) is 19.7. The molecule has 3 heterocycles. The number of carbonyl (C=O) groups is 4. The molecule has 20 heteroatoms. The van der Waals surface area contributed by atoms with Gasteiger partial charge in [0.05, 0.1) is 17.3 Å². The average molecular weight is 855 g/mol. The summed E-state index contributed by atoms with van der Waals surface area (Å²) < 4.78 is 94.0. The van der Waals surface area contributed by atoms with Crippen molar-refractivity contribution >= 4 is 44.6 Å². The van der Waals surface area contributed by atoms with Crippen LogP contribution in [0, 0.1) is 17.8 Å². The van der Waals surface area contributed by atoms with Gasteiger partial charge in [0.25, 0.3) is 11.5 Å². The zero-order chi connectivity index (χ0) is 43.3. The van der Waals surface area contributed by atoms with Crippen molar-refractivity contribution in [1.82, 2.24) is 30.0 Å². The number of fused-ring (bicyclic) bond motifs is 3. The maximum atomic E-state index is 14.8. The number of carbonyl (C=O) groups excluding carboxylic acids is 4. The second kappa shape index (κ2) is 16.0. The van der Waals surface area contributed by atoms with Crippen molar-refractivity contribution in [2.45, 2.75) is 126 Å². The Labute approximate surface area is 338 Å². The summed E-state index contributed by atoms with van der Waals surface area (Å²) in [6.45, 7) is 5.25. The van der Waals surface area contributed by atoms with Crippen molar-refractivity contribution in [2.75, 3.05) is 13.2 Å². The fraction of sp³-hybridized carbons (Fsp3) is 0.641. The van der Waals surface area contributed by atoms with E-state index in [-0.39, 0.29) is 56.1 Å². The number of allylic oxidation sites excluding steroid dienone is 1. The Balaban J connectivity index is 1.37. The van der Waals surface area contributed by atoms with Gasteiger partial charge in [0.2, 0.25) is 33.3 Å². The number of halogens is 4. The normalized spacial score (nSPS) is 28.7. The number of nitrogens with zero attached hydrogens (tertiary/aromatic N) is 3. The van der Waals surface area contributed by atoms with Gasteiger partial charge in [-0.25, -0.2) is 22.3 Å². The Morgan fingerprint density at radius 3 is 2.37 bits per heavy atom. The van der Waals surface area contributed by atoms with Crippen LogP contribution < -0.4 is 25.7 Å². The molecule has 2 aromatic rings. The number of sulfonamides is 1. The molecule has 1 aromatic heterocycles. The van der Waals surface area contributed by atoms with E-state index >= 15 is 0 Å². The highest BCUT2D eigenvalue weighted by Crippen LogP contribution is 2.48. The minimum absolute atomic E-state index is 0.00805. The summed E-state index contributed by atoms with van der Waals surface area (Å²) in [6.07, 6.45) is -2.79. The number of rotatable bonds is 9. The highest BCUT2D eigenvalue weighted by atomic mass is 32.2. The third-order valence-electron chi connectivity index (χ3n) is 12.0. The van der Waals surface area contributed by atoms with Gasteiger partial charge in [0.1, 0.15) is 35.1 Å². The molecule has 4 aliphatic rings. The van der Waals surface area contributed by atoms with E-state index < -0.39 is 92.6 Å². The van der Waals surface area contributed by atoms with Crippen LogP contribution in [0.1, 0.15) is 79.6 Å². The molecule has 0 radical (unpaired) electrons. The maximum absolute atomic E-state index is 14.8. The monoisotopic (exact) mass is 854 g/mol. The van der Waals surface area contributed by atoms with Crippen LogP contribution in [0.25, 0.3) is 10.8 Å².